The SMILES string of the molecule is CCCCCCN(C(=O)Nc1cccc(OC)c1)C(CC)c1nc2ccccc2c(=O)n1C. The molecule has 0 spiro atoms. The van der Waals surface area contributed by atoms with Crippen LogP contribution in [0.25, 0.3) is 10.9 Å². The van der Waals surface area contributed by atoms with Crippen LogP contribution < -0.4 is 15.6 Å². The third-order valence-corrected chi connectivity index (χ3v) is 5.91. The van der Waals surface area contributed by atoms with E-state index >= 15 is 0 Å². The third-order valence-electron chi connectivity index (χ3n) is 5.91. The molecule has 1 N–H and O–H groups in total. The quantitative estimate of drug-likeness (QED) is 0.413. The number of anilines is 1. The van der Waals surface area contributed by atoms with E-state index in [0.29, 0.717) is 41.1 Å². The molecule has 0 aliphatic carbocycles. The first-order valence-electron chi connectivity index (χ1n) is 11.7. The van der Waals surface area contributed by atoms with Crippen LogP contribution in [0.5, 0.6) is 5.75 Å². The number of benzene rings is 2. The fraction of sp³-hybridized carbons (Fsp3) is 0.423. The summed E-state index contributed by atoms with van der Waals surface area (Å²) in [7, 11) is 3.33. The van der Waals surface area contributed by atoms with Gasteiger partial charge in [0.1, 0.15) is 11.6 Å². The molecule has 33 heavy (non-hydrogen) atoms. The van der Waals surface area contributed by atoms with Crippen LogP contribution in [0.4, 0.5) is 10.5 Å². The number of amides is 2. The summed E-state index contributed by atoms with van der Waals surface area (Å²) in [6.07, 6.45) is 4.80. The summed E-state index contributed by atoms with van der Waals surface area (Å²) in [5.41, 5.74) is 1.20. The van der Waals surface area contributed by atoms with Gasteiger partial charge in [0, 0.05) is 25.3 Å². The second-order valence-corrected chi connectivity index (χ2v) is 8.19. The molecule has 3 rings (SSSR count). The summed E-state index contributed by atoms with van der Waals surface area (Å²) in [6.45, 7) is 4.76. The Hall–Kier alpha value is -3.35. The number of rotatable bonds is 10. The maximum absolute atomic E-state index is 13.5. The molecule has 1 atom stereocenters. The van der Waals surface area contributed by atoms with Gasteiger partial charge in [0.05, 0.1) is 24.1 Å². The highest BCUT2D eigenvalue weighted by Crippen LogP contribution is 2.26. The minimum absolute atomic E-state index is 0.104. The van der Waals surface area contributed by atoms with Crippen LogP contribution in [0.1, 0.15) is 57.8 Å². The second kappa shape index (κ2) is 11.5. The molecule has 7 heteroatoms. The van der Waals surface area contributed by atoms with E-state index in [1.54, 1.807) is 30.9 Å². The number of nitrogens with zero attached hydrogens (tertiary/aromatic N) is 3. The van der Waals surface area contributed by atoms with Crippen molar-refractivity contribution in [3.05, 3.63) is 64.7 Å². The maximum atomic E-state index is 13.5. The molecule has 7 nitrogen and oxygen atoms in total. The predicted molar refractivity (Wildman–Crippen MR) is 133 cm³/mol. The number of para-hydroxylation sites is 1. The van der Waals surface area contributed by atoms with Crippen LogP contribution in [0, 0.1) is 0 Å². The van der Waals surface area contributed by atoms with Crippen LogP contribution in [0.2, 0.25) is 0 Å². The number of ether oxygens (including phenoxy) is 1. The number of methoxy groups -OCH3 is 1. The Morgan fingerprint density at radius 3 is 2.64 bits per heavy atom. The van der Waals surface area contributed by atoms with E-state index in [-0.39, 0.29) is 17.6 Å². The molecule has 0 aliphatic rings. The summed E-state index contributed by atoms with van der Waals surface area (Å²) in [6, 6.07) is 14.1. The van der Waals surface area contributed by atoms with E-state index in [2.05, 4.69) is 12.2 Å². The topological polar surface area (TPSA) is 76.5 Å². The molecule has 1 unspecified atom stereocenters. The van der Waals surface area contributed by atoms with Crippen molar-refractivity contribution in [2.24, 2.45) is 7.05 Å². The molecule has 0 fully saturated rings. The first-order chi connectivity index (χ1) is 16.0. The van der Waals surface area contributed by atoms with Gasteiger partial charge in [-0.15, -0.1) is 0 Å². The number of unbranched alkanes of at least 4 members (excludes halogenated alkanes) is 3. The summed E-state index contributed by atoms with van der Waals surface area (Å²) in [5, 5.41) is 3.58. The van der Waals surface area contributed by atoms with Crippen LogP contribution in [-0.4, -0.2) is 34.1 Å². The number of urea groups is 1. The number of carbonyl (C=O) groups excluding carboxylic acids is 1. The van der Waals surface area contributed by atoms with Crippen LogP contribution in [0.3, 0.4) is 0 Å². The summed E-state index contributed by atoms with van der Waals surface area (Å²) in [4.78, 5) is 33.1. The lowest BCUT2D eigenvalue weighted by molar-refractivity contribution is 0.178. The minimum Gasteiger partial charge on any atom is -0.497 e. The molecule has 0 radical (unpaired) electrons. The highest BCUT2D eigenvalue weighted by Gasteiger charge is 2.27. The monoisotopic (exact) mass is 450 g/mol. The lowest BCUT2D eigenvalue weighted by Gasteiger charge is -2.32. The lowest BCUT2D eigenvalue weighted by atomic mass is 10.1. The van der Waals surface area contributed by atoms with Crippen LogP contribution >= 0.6 is 0 Å². The fourth-order valence-electron chi connectivity index (χ4n) is 4.08. The smallest absolute Gasteiger partial charge is 0.322 e. The van der Waals surface area contributed by atoms with E-state index in [1.807, 2.05) is 48.2 Å². The first kappa shape index (κ1) is 24.3. The van der Waals surface area contributed by atoms with Crippen LogP contribution in [-0.2, 0) is 7.05 Å². The Morgan fingerprint density at radius 1 is 1.12 bits per heavy atom. The second-order valence-electron chi connectivity index (χ2n) is 8.19. The number of hydrogen-bond donors (Lipinski definition) is 1. The van der Waals surface area contributed by atoms with Gasteiger partial charge in [-0.1, -0.05) is 51.3 Å². The average molecular weight is 451 g/mol. The number of nitrogens with one attached hydrogen (secondary N) is 1. The van der Waals surface area contributed by atoms with Crippen molar-refractivity contribution in [1.29, 1.82) is 0 Å². The molecular formula is C26H34N4O3. The Kier molecular flexibility index (Phi) is 8.46. The minimum atomic E-state index is -0.334. The molecule has 3 aromatic rings. The van der Waals surface area contributed by atoms with Crippen molar-refractivity contribution in [2.45, 2.75) is 52.0 Å². The zero-order valence-electron chi connectivity index (χ0n) is 20.0. The Bertz CT molecular complexity index is 1140. The van der Waals surface area contributed by atoms with Crippen molar-refractivity contribution in [1.82, 2.24) is 14.5 Å². The van der Waals surface area contributed by atoms with E-state index in [1.165, 1.54) is 0 Å². The zero-order chi connectivity index (χ0) is 23.8. The van der Waals surface area contributed by atoms with Gasteiger partial charge in [0.25, 0.3) is 5.56 Å². The summed E-state index contributed by atoms with van der Waals surface area (Å²) >= 11 is 0. The maximum Gasteiger partial charge on any atom is 0.322 e. The summed E-state index contributed by atoms with van der Waals surface area (Å²) in [5.74, 6) is 1.27. The number of aromatic nitrogens is 2. The van der Waals surface area contributed by atoms with E-state index < -0.39 is 0 Å². The summed E-state index contributed by atoms with van der Waals surface area (Å²) < 4.78 is 6.86. The van der Waals surface area contributed by atoms with Crippen molar-refractivity contribution < 1.29 is 9.53 Å². The molecule has 0 aliphatic heterocycles. The first-order valence-corrected chi connectivity index (χ1v) is 11.7. The third kappa shape index (κ3) is 5.72. The average Bonchev–Trinajstić information content (AvgIpc) is 2.83. The molecule has 0 saturated carbocycles. The van der Waals surface area contributed by atoms with Crippen molar-refractivity contribution >= 4 is 22.6 Å². The molecule has 2 amide bonds. The largest absolute Gasteiger partial charge is 0.497 e. The predicted octanol–water partition coefficient (Wildman–Crippen LogP) is 5.51. The van der Waals surface area contributed by atoms with E-state index in [4.69, 9.17) is 9.72 Å². The van der Waals surface area contributed by atoms with E-state index in [0.717, 1.165) is 25.7 Å². The molecule has 0 saturated heterocycles. The van der Waals surface area contributed by atoms with Crippen molar-refractivity contribution in [3.63, 3.8) is 0 Å². The highest BCUT2D eigenvalue weighted by atomic mass is 16.5. The van der Waals surface area contributed by atoms with Crippen molar-refractivity contribution in [2.75, 3.05) is 19.0 Å². The lowest BCUT2D eigenvalue weighted by Crippen LogP contribution is -2.41. The molecule has 1 heterocycles. The van der Waals surface area contributed by atoms with Gasteiger partial charge < -0.3 is 15.0 Å². The molecule has 176 valence electrons. The molecule has 2 aromatic carbocycles. The number of hydrogen-bond acceptors (Lipinski definition) is 4. The number of fused-ring (bicyclic) bond motifs is 1. The molecular weight excluding hydrogens is 416 g/mol. The number of carbonyl (C=O) groups is 1. The Labute approximate surface area is 195 Å². The molecule has 1 aromatic heterocycles. The van der Waals surface area contributed by atoms with E-state index in [9.17, 15) is 9.59 Å². The highest BCUT2D eigenvalue weighted by molar-refractivity contribution is 5.90. The Morgan fingerprint density at radius 2 is 1.91 bits per heavy atom. The van der Waals surface area contributed by atoms with Gasteiger partial charge >= 0.3 is 6.03 Å². The van der Waals surface area contributed by atoms with Gasteiger partial charge in [-0.05, 0) is 37.1 Å². The standard InChI is InChI=1S/C26H34N4O3/c1-5-7-8-11-17-30(26(32)27-19-13-12-14-20(18-19)33-4)23(6-2)24-28-22-16-10-9-15-21(22)25(31)29(24)3/h9-10,12-16,18,23H,5-8,11,17H2,1-4H3,(H,27,32). The van der Waals surface area contributed by atoms with Gasteiger partial charge in [0.2, 0.25) is 0 Å². The van der Waals surface area contributed by atoms with Gasteiger partial charge in [-0.2, -0.15) is 0 Å². The Balaban J connectivity index is 1.97. The molecule has 0 bridgehead atoms. The fourth-order valence-corrected chi connectivity index (χ4v) is 4.08. The van der Waals surface area contributed by atoms with Crippen molar-refractivity contribution in [3.8, 4) is 5.75 Å². The normalized spacial score (nSPS) is 11.9. The van der Waals surface area contributed by atoms with Gasteiger partial charge in [0.15, 0.2) is 0 Å². The zero-order valence-corrected chi connectivity index (χ0v) is 20.0. The van der Waals surface area contributed by atoms with Gasteiger partial charge in [-0.25, -0.2) is 9.78 Å². The van der Waals surface area contributed by atoms with Gasteiger partial charge in [-0.3, -0.25) is 9.36 Å². The van der Waals surface area contributed by atoms with Crippen LogP contribution in [0.15, 0.2) is 53.3 Å².